The highest BCUT2D eigenvalue weighted by Gasteiger charge is 2.23. The fraction of sp³-hybridized carbons (Fsp3) is 0.357. The van der Waals surface area contributed by atoms with Crippen LogP contribution < -0.4 is 0 Å². The van der Waals surface area contributed by atoms with Gasteiger partial charge in [-0.25, -0.2) is 0 Å². The van der Waals surface area contributed by atoms with Crippen molar-refractivity contribution in [3.05, 3.63) is 48.4 Å². The van der Waals surface area contributed by atoms with E-state index in [9.17, 15) is 0 Å². The van der Waals surface area contributed by atoms with Crippen molar-refractivity contribution in [1.82, 2.24) is 4.90 Å². The largest absolute Gasteiger partial charge is 0.309 e. The van der Waals surface area contributed by atoms with Gasteiger partial charge in [-0.1, -0.05) is 25.2 Å². The van der Waals surface area contributed by atoms with E-state index >= 15 is 0 Å². The van der Waals surface area contributed by atoms with Gasteiger partial charge < -0.3 is 4.90 Å². The van der Waals surface area contributed by atoms with Crippen LogP contribution in [0, 0.1) is 0 Å². The first-order chi connectivity index (χ1) is 7.63. The molecule has 2 aliphatic heterocycles. The minimum absolute atomic E-state index is 0.0547. The summed E-state index contributed by atoms with van der Waals surface area (Å²) in [6, 6.07) is 0. The standard InChI is InChI=1S/C14H18N2/c1-4-14(3)9-10-16-11-12(2)7-5-6-8-13(16)15-14/h5-11H,4H2,1-3H3. The molecule has 0 aromatic heterocycles. The molecule has 2 aliphatic rings. The zero-order valence-electron chi connectivity index (χ0n) is 10.1. The molecule has 2 heteroatoms. The Kier molecular flexibility index (Phi) is 2.82. The summed E-state index contributed by atoms with van der Waals surface area (Å²) in [4.78, 5) is 6.86. The molecule has 0 aromatic rings. The number of allylic oxidation sites excluding steroid dienone is 4. The molecule has 0 amide bonds. The molecular formula is C14H18N2. The Morgan fingerprint density at radius 3 is 2.81 bits per heavy atom. The lowest BCUT2D eigenvalue weighted by Crippen LogP contribution is -2.31. The molecule has 1 atom stereocenters. The van der Waals surface area contributed by atoms with Gasteiger partial charge in [0.1, 0.15) is 5.84 Å². The van der Waals surface area contributed by atoms with Crippen LogP contribution in [0.2, 0.25) is 0 Å². The second kappa shape index (κ2) is 4.12. The first-order valence-electron chi connectivity index (χ1n) is 5.74. The second-order valence-electron chi connectivity index (χ2n) is 4.50. The van der Waals surface area contributed by atoms with E-state index in [0.29, 0.717) is 0 Å². The molecule has 0 bridgehead atoms. The molecule has 2 rings (SSSR count). The fourth-order valence-corrected chi connectivity index (χ4v) is 1.71. The Bertz CT molecular complexity index is 424. The van der Waals surface area contributed by atoms with Gasteiger partial charge in [0.25, 0.3) is 0 Å². The van der Waals surface area contributed by atoms with Gasteiger partial charge in [-0.2, -0.15) is 0 Å². The zero-order chi connectivity index (χ0) is 11.6. The van der Waals surface area contributed by atoms with Gasteiger partial charge in [-0.15, -0.1) is 0 Å². The molecule has 0 saturated carbocycles. The minimum atomic E-state index is -0.0547. The van der Waals surface area contributed by atoms with E-state index in [-0.39, 0.29) is 5.54 Å². The van der Waals surface area contributed by atoms with Gasteiger partial charge in [-0.3, -0.25) is 4.99 Å². The van der Waals surface area contributed by atoms with Crippen LogP contribution in [0.3, 0.4) is 0 Å². The van der Waals surface area contributed by atoms with Crippen LogP contribution in [0.1, 0.15) is 27.2 Å². The zero-order valence-corrected chi connectivity index (χ0v) is 10.1. The van der Waals surface area contributed by atoms with E-state index in [0.717, 1.165) is 12.3 Å². The molecule has 0 aromatic carbocycles. The van der Waals surface area contributed by atoms with Crippen molar-refractivity contribution in [2.24, 2.45) is 4.99 Å². The Morgan fingerprint density at radius 2 is 2.06 bits per heavy atom. The van der Waals surface area contributed by atoms with Gasteiger partial charge in [0.05, 0.1) is 5.54 Å². The molecule has 0 radical (unpaired) electrons. The minimum Gasteiger partial charge on any atom is -0.309 e. The third-order valence-electron chi connectivity index (χ3n) is 3.00. The molecule has 16 heavy (non-hydrogen) atoms. The molecule has 0 spiro atoms. The maximum absolute atomic E-state index is 4.78. The highest BCUT2D eigenvalue weighted by Crippen LogP contribution is 2.23. The normalized spacial score (nSPS) is 28.1. The average molecular weight is 214 g/mol. The molecule has 0 saturated heterocycles. The van der Waals surface area contributed by atoms with E-state index in [1.807, 2.05) is 12.2 Å². The van der Waals surface area contributed by atoms with E-state index in [1.165, 1.54) is 5.57 Å². The van der Waals surface area contributed by atoms with E-state index in [2.05, 4.69) is 56.3 Å². The maximum atomic E-state index is 4.78. The molecule has 0 N–H and O–H groups in total. The van der Waals surface area contributed by atoms with Crippen LogP contribution in [0.4, 0.5) is 0 Å². The van der Waals surface area contributed by atoms with Crippen LogP contribution in [-0.4, -0.2) is 16.3 Å². The van der Waals surface area contributed by atoms with Crippen molar-refractivity contribution < 1.29 is 0 Å². The Balaban J connectivity index is 2.40. The predicted octanol–water partition coefficient (Wildman–Crippen LogP) is 3.41. The van der Waals surface area contributed by atoms with Gasteiger partial charge in [0.15, 0.2) is 0 Å². The lowest BCUT2D eigenvalue weighted by atomic mass is 9.98. The summed E-state index contributed by atoms with van der Waals surface area (Å²) in [5.41, 5.74) is 1.17. The summed E-state index contributed by atoms with van der Waals surface area (Å²) < 4.78 is 0. The second-order valence-corrected chi connectivity index (χ2v) is 4.50. The van der Waals surface area contributed by atoms with Crippen molar-refractivity contribution >= 4 is 5.84 Å². The summed E-state index contributed by atoms with van der Waals surface area (Å²) >= 11 is 0. The number of hydrogen-bond donors (Lipinski definition) is 0. The van der Waals surface area contributed by atoms with Crippen molar-refractivity contribution in [3.8, 4) is 0 Å². The van der Waals surface area contributed by atoms with Crippen molar-refractivity contribution in [1.29, 1.82) is 0 Å². The van der Waals surface area contributed by atoms with Crippen LogP contribution >= 0.6 is 0 Å². The van der Waals surface area contributed by atoms with Crippen LogP contribution in [0.15, 0.2) is 53.3 Å². The molecule has 2 heterocycles. The third kappa shape index (κ3) is 2.16. The predicted molar refractivity (Wildman–Crippen MR) is 69.1 cm³/mol. The molecule has 0 aliphatic carbocycles. The maximum Gasteiger partial charge on any atom is 0.132 e. The number of fused-ring (bicyclic) bond motifs is 1. The van der Waals surface area contributed by atoms with Crippen LogP contribution in [-0.2, 0) is 0 Å². The number of hydrogen-bond acceptors (Lipinski definition) is 2. The highest BCUT2D eigenvalue weighted by atomic mass is 15.2. The van der Waals surface area contributed by atoms with E-state index in [1.54, 1.807) is 0 Å². The molecule has 2 nitrogen and oxygen atoms in total. The Labute approximate surface area is 97.4 Å². The topological polar surface area (TPSA) is 15.6 Å². The van der Waals surface area contributed by atoms with Crippen LogP contribution in [0.5, 0.6) is 0 Å². The third-order valence-corrected chi connectivity index (χ3v) is 3.00. The number of aliphatic imine (C=N–C) groups is 1. The van der Waals surface area contributed by atoms with E-state index < -0.39 is 0 Å². The van der Waals surface area contributed by atoms with Gasteiger partial charge in [-0.05, 0) is 38.0 Å². The smallest absolute Gasteiger partial charge is 0.132 e. The van der Waals surface area contributed by atoms with Crippen molar-refractivity contribution in [2.75, 3.05) is 0 Å². The lowest BCUT2D eigenvalue weighted by molar-refractivity contribution is 0.530. The Morgan fingerprint density at radius 1 is 1.31 bits per heavy atom. The number of amidine groups is 1. The van der Waals surface area contributed by atoms with Gasteiger partial charge in [0, 0.05) is 12.4 Å². The molecule has 84 valence electrons. The van der Waals surface area contributed by atoms with E-state index in [4.69, 9.17) is 4.99 Å². The number of rotatable bonds is 1. The first-order valence-corrected chi connectivity index (χ1v) is 5.74. The van der Waals surface area contributed by atoms with Gasteiger partial charge in [0.2, 0.25) is 0 Å². The lowest BCUT2D eigenvalue weighted by Gasteiger charge is -2.30. The van der Waals surface area contributed by atoms with Crippen LogP contribution in [0.25, 0.3) is 0 Å². The summed E-state index contributed by atoms with van der Waals surface area (Å²) in [7, 11) is 0. The number of nitrogens with zero attached hydrogens (tertiary/aromatic N) is 2. The Hall–Kier alpha value is -1.57. The summed E-state index contributed by atoms with van der Waals surface area (Å²) in [6.07, 6.45) is 15.6. The van der Waals surface area contributed by atoms with Gasteiger partial charge >= 0.3 is 0 Å². The molecule has 1 unspecified atom stereocenters. The first kappa shape index (κ1) is 10.9. The summed E-state index contributed by atoms with van der Waals surface area (Å²) in [5.74, 6) is 1.01. The SMILES string of the molecule is CCC1(C)C=CN2C=C(C)C=CC=CC2=N1. The average Bonchev–Trinajstić information content (AvgIpc) is 2.25. The van der Waals surface area contributed by atoms with Crippen molar-refractivity contribution in [3.63, 3.8) is 0 Å². The quantitative estimate of drug-likeness (QED) is 0.653. The molecular weight excluding hydrogens is 196 g/mol. The summed E-state index contributed by atoms with van der Waals surface area (Å²) in [6.45, 7) is 6.42. The highest BCUT2D eigenvalue weighted by molar-refractivity contribution is 5.96. The molecule has 0 fully saturated rings. The fourth-order valence-electron chi connectivity index (χ4n) is 1.71. The monoisotopic (exact) mass is 214 g/mol. The van der Waals surface area contributed by atoms with Crippen molar-refractivity contribution in [2.45, 2.75) is 32.7 Å². The summed E-state index contributed by atoms with van der Waals surface area (Å²) in [5, 5.41) is 0.